The number of carbonyl (C=O) groups is 1. The number of rotatable bonds is 5. The number of hydrogen-bond acceptors (Lipinski definition) is 5. The van der Waals surface area contributed by atoms with Crippen molar-refractivity contribution in [1.29, 1.82) is 0 Å². The number of aliphatic carboxylic acids is 1. The highest BCUT2D eigenvalue weighted by Gasteiger charge is 2.26. The first-order chi connectivity index (χ1) is 9.06. The highest BCUT2D eigenvalue weighted by molar-refractivity contribution is 7.15. The van der Waals surface area contributed by atoms with E-state index in [1.165, 1.54) is 6.07 Å². The topological polar surface area (TPSA) is 92.5 Å². The summed E-state index contributed by atoms with van der Waals surface area (Å²) < 4.78 is 0. The number of thiophene rings is 1. The molecule has 1 aromatic heterocycles. The van der Waals surface area contributed by atoms with Crippen molar-refractivity contribution in [1.82, 2.24) is 5.32 Å². The number of nitrogens with zero attached hydrogens (tertiary/aromatic N) is 1. The van der Waals surface area contributed by atoms with Gasteiger partial charge in [0, 0.05) is 23.5 Å². The number of hydrogen-bond donors (Lipinski definition) is 2. The third-order valence-corrected chi connectivity index (χ3v) is 4.45. The van der Waals surface area contributed by atoms with Crippen LogP contribution in [0, 0.1) is 16.0 Å². The van der Waals surface area contributed by atoms with E-state index in [-0.39, 0.29) is 17.0 Å². The predicted octanol–water partition coefficient (Wildman–Crippen LogP) is 2.39. The maximum absolute atomic E-state index is 11.0. The molecule has 1 saturated carbocycles. The van der Waals surface area contributed by atoms with Crippen LogP contribution in [0.1, 0.15) is 30.6 Å². The molecule has 0 spiro atoms. The van der Waals surface area contributed by atoms with E-state index in [4.69, 9.17) is 5.11 Å². The Labute approximate surface area is 114 Å². The van der Waals surface area contributed by atoms with E-state index in [0.29, 0.717) is 13.0 Å². The minimum absolute atomic E-state index is 0.142. The Hall–Kier alpha value is -1.47. The zero-order valence-corrected chi connectivity index (χ0v) is 11.2. The van der Waals surface area contributed by atoms with Gasteiger partial charge in [-0.1, -0.05) is 17.8 Å². The second kappa shape index (κ2) is 6.12. The van der Waals surface area contributed by atoms with Gasteiger partial charge in [-0.05, 0) is 25.3 Å². The fourth-order valence-electron chi connectivity index (χ4n) is 2.40. The summed E-state index contributed by atoms with van der Waals surface area (Å²) in [7, 11) is 0. The number of nitrogens with one attached hydrogen (secondary N) is 1. The zero-order valence-electron chi connectivity index (χ0n) is 10.4. The third-order valence-electron chi connectivity index (χ3n) is 3.42. The lowest BCUT2D eigenvalue weighted by Crippen LogP contribution is -2.35. The molecule has 0 aromatic carbocycles. The molecule has 2 atom stereocenters. The van der Waals surface area contributed by atoms with Crippen molar-refractivity contribution >= 4 is 22.3 Å². The molecule has 1 fully saturated rings. The first kappa shape index (κ1) is 14.0. The summed E-state index contributed by atoms with van der Waals surface area (Å²) in [5.41, 5.74) is 0. The molecule has 1 aromatic rings. The van der Waals surface area contributed by atoms with Crippen LogP contribution < -0.4 is 5.32 Å². The van der Waals surface area contributed by atoms with Gasteiger partial charge in [-0.15, -0.1) is 0 Å². The van der Waals surface area contributed by atoms with Crippen molar-refractivity contribution in [3.63, 3.8) is 0 Å². The van der Waals surface area contributed by atoms with Gasteiger partial charge in [0.15, 0.2) is 0 Å². The Morgan fingerprint density at radius 1 is 1.53 bits per heavy atom. The first-order valence-electron chi connectivity index (χ1n) is 6.25. The van der Waals surface area contributed by atoms with Gasteiger partial charge in [0.1, 0.15) is 0 Å². The highest BCUT2D eigenvalue weighted by Crippen LogP contribution is 2.26. The first-order valence-corrected chi connectivity index (χ1v) is 7.07. The molecular formula is C12H16N2O4S. The maximum Gasteiger partial charge on any atom is 0.324 e. The smallest absolute Gasteiger partial charge is 0.324 e. The van der Waals surface area contributed by atoms with E-state index in [0.717, 1.165) is 35.5 Å². The quantitative estimate of drug-likeness (QED) is 0.639. The summed E-state index contributed by atoms with van der Waals surface area (Å²) in [5, 5.41) is 23.0. The normalized spacial score (nSPS) is 23.2. The summed E-state index contributed by atoms with van der Waals surface area (Å²) in [4.78, 5) is 22.0. The fourth-order valence-corrected chi connectivity index (χ4v) is 3.17. The maximum atomic E-state index is 11.0. The Morgan fingerprint density at radius 3 is 2.95 bits per heavy atom. The van der Waals surface area contributed by atoms with Crippen LogP contribution in [0.2, 0.25) is 0 Å². The molecule has 0 amide bonds. The summed E-state index contributed by atoms with van der Waals surface area (Å²) in [5.74, 6) is -0.984. The summed E-state index contributed by atoms with van der Waals surface area (Å²) in [6.45, 7) is 0.565. The van der Waals surface area contributed by atoms with Crippen molar-refractivity contribution in [3.05, 3.63) is 27.1 Å². The van der Waals surface area contributed by atoms with E-state index < -0.39 is 10.9 Å². The lowest BCUT2D eigenvalue weighted by molar-refractivity contribution is -0.380. The van der Waals surface area contributed by atoms with Crippen molar-refractivity contribution in [2.75, 3.05) is 0 Å². The largest absolute Gasteiger partial charge is 0.481 e. The van der Waals surface area contributed by atoms with Crippen molar-refractivity contribution in [3.8, 4) is 0 Å². The minimum Gasteiger partial charge on any atom is -0.481 e. The minimum atomic E-state index is -0.724. The molecule has 19 heavy (non-hydrogen) atoms. The molecule has 6 nitrogen and oxygen atoms in total. The van der Waals surface area contributed by atoms with Crippen LogP contribution in [0.4, 0.5) is 5.00 Å². The molecule has 2 unspecified atom stereocenters. The van der Waals surface area contributed by atoms with E-state index >= 15 is 0 Å². The Morgan fingerprint density at radius 2 is 2.32 bits per heavy atom. The van der Waals surface area contributed by atoms with Crippen LogP contribution in [0.25, 0.3) is 0 Å². The molecule has 0 aliphatic heterocycles. The van der Waals surface area contributed by atoms with Gasteiger partial charge in [0.05, 0.1) is 10.8 Å². The summed E-state index contributed by atoms with van der Waals surface area (Å²) in [6, 6.07) is 3.44. The molecule has 1 aliphatic carbocycles. The molecule has 2 rings (SSSR count). The van der Waals surface area contributed by atoms with Crippen LogP contribution in [0.5, 0.6) is 0 Å². The van der Waals surface area contributed by atoms with Crippen molar-refractivity contribution in [2.45, 2.75) is 38.3 Å². The van der Waals surface area contributed by atoms with E-state index in [2.05, 4.69) is 5.32 Å². The molecule has 7 heteroatoms. The summed E-state index contributed by atoms with van der Waals surface area (Å²) >= 11 is 1.16. The van der Waals surface area contributed by atoms with Gasteiger partial charge in [0.2, 0.25) is 0 Å². The predicted molar refractivity (Wildman–Crippen MR) is 71.2 cm³/mol. The zero-order chi connectivity index (χ0) is 13.8. The molecule has 0 bridgehead atoms. The second-order valence-electron chi connectivity index (χ2n) is 4.78. The van der Waals surface area contributed by atoms with Gasteiger partial charge >= 0.3 is 11.0 Å². The summed E-state index contributed by atoms with van der Waals surface area (Å²) in [6.07, 6.45) is 3.28. The number of carboxylic acid groups (broad SMARTS) is 1. The second-order valence-corrected chi connectivity index (χ2v) is 5.92. The standard InChI is InChI=1S/C12H16N2O4S/c15-12(16)8-2-1-3-9(6-8)13-7-10-4-5-11(19-10)14(17)18/h4-5,8-9,13H,1-3,6-7H2,(H,15,16). The van der Waals surface area contributed by atoms with Gasteiger partial charge in [-0.2, -0.15) is 0 Å². The van der Waals surface area contributed by atoms with Crippen molar-refractivity contribution < 1.29 is 14.8 Å². The Balaban J connectivity index is 1.84. The van der Waals surface area contributed by atoms with E-state index in [1.54, 1.807) is 6.07 Å². The SMILES string of the molecule is O=C(O)C1CCCC(NCc2ccc([N+](=O)[O-])s2)C1. The van der Waals surface area contributed by atoms with Crippen LogP contribution in [-0.4, -0.2) is 22.0 Å². The van der Waals surface area contributed by atoms with Crippen molar-refractivity contribution in [2.24, 2.45) is 5.92 Å². The number of carboxylic acids is 1. The lowest BCUT2D eigenvalue weighted by atomic mass is 9.86. The monoisotopic (exact) mass is 284 g/mol. The van der Waals surface area contributed by atoms with Crippen LogP contribution in [0.15, 0.2) is 12.1 Å². The van der Waals surface area contributed by atoms with Crippen LogP contribution >= 0.6 is 11.3 Å². The third kappa shape index (κ3) is 3.74. The van der Waals surface area contributed by atoms with Gasteiger partial charge in [-0.25, -0.2) is 0 Å². The molecule has 1 aliphatic rings. The van der Waals surface area contributed by atoms with Gasteiger partial charge in [-0.3, -0.25) is 14.9 Å². The van der Waals surface area contributed by atoms with Crippen LogP contribution in [0.3, 0.4) is 0 Å². The number of nitro groups is 1. The molecule has 0 radical (unpaired) electrons. The van der Waals surface area contributed by atoms with E-state index in [1.807, 2.05) is 0 Å². The average molecular weight is 284 g/mol. The van der Waals surface area contributed by atoms with Gasteiger partial charge < -0.3 is 10.4 Å². The Kier molecular flexibility index (Phi) is 4.49. The lowest BCUT2D eigenvalue weighted by Gasteiger charge is -2.27. The molecule has 2 N–H and O–H groups in total. The molecule has 0 saturated heterocycles. The highest BCUT2D eigenvalue weighted by atomic mass is 32.1. The fraction of sp³-hybridized carbons (Fsp3) is 0.583. The van der Waals surface area contributed by atoms with E-state index in [9.17, 15) is 14.9 Å². The molecule has 1 heterocycles. The molecule has 104 valence electrons. The average Bonchev–Trinajstić information content (AvgIpc) is 2.85. The van der Waals surface area contributed by atoms with Crippen LogP contribution in [-0.2, 0) is 11.3 Å². The molecular weight excluding hydrogens is 268 g/mol. The van der Waals surface area contributed by atoms with Gasteiger partial charge in [0.25, 0.3) is 0 Å². The Bertz CT molecular complexity index is 474.